The van der Waals surface area contributed by atoms with Crippen molar-refractivity contribution in [2.45, 2.75) is 13.5 Å². The third kappa shape index (κ3) is 3.23. The van der Waals surface area contributed by atoms with Gasteiger partial charge in [0.2, 0.25) is 5.91 Å². The van der Waals surface area contributed by atoms with Crippen molar-refractivity contribution in [1.29, 1.82) is 0 Å². The van der Waals surface area contributed by atoms with Crippen LogP contribution in [0.1, 0.15) is 16.1 Å². The van der Waals surface area contributed by atoms with Crippen molar-refractivity contribution in [2.75, 3.05) is 12.4 Å². The highest BCUT2D eigenvalue weighted by Gasteiger charge is 2.18. The lowest BCUT2D eigenvalue weighted by atomic mass is 10.1. The lowest BCUT2D eigenvalue weighted by Gasteiger charge is -2.07. The second-order valence-corrected chi connectivity index (χ2v) is 6.98. The molecule has 0 aliphatic heterocycles. The molecule has 4 rings (SSSR count). The van der Waals surface area contributed by atoms with Gasteiger partial charge in [0.1, 0.15) is 12.1 Å². The number of aryl methyl sites for hydroxylation is 1. The lowest BCUT2D eigenvalue weighted by Crippen LogP contribution is -2.23. The minimum absolute atomic E-state index is 0.0940. The van der Waals surface area contributed by atoms with Gasteiger partial charge in [-0.15, -0.1) is 0 Å². The first-order chi connectivity index (χ1) is 13.5. The Morgan fingerprint density at radius 3 is 2.75 bits per heavy atom. The summed E-state index contributed by atoms with van der Waals surface area (Å²) in [5.41, 5.74) is 2.82. The van der Waals surface area contributed by atoms with Crippen LogP contribution in [-0.2, 0) is 11.3 Å². The Hall–Kier alpha value is -3.25. The highest BCUT2D eigenvalue weighted by Crippen LogP contribution is 2.29. The van der Waals surface area contributed by atoms with Crippen LogP contribution in [0.4, 0.5) is 5.69 Å². The molecule has 2 N–H and O–H groups in total. The second-order valence-electron chi connectivity index (χ2n) is 6.54. The predicted molar refractivity (Wildman–Crippen MR) is 110 cm³/mol. The summed E-state index contributed by atoms with van der Waals surface area (Å²) in [6, 6.07) is 12.7. The molecule has 2 amide bonds. The zero-order chi connectivity index (χ0) is 19.8. The van der Waals surface area contributed by atoms with E-state index in [1.54, 1.807) is 25.2 Å². The first kappa shape index (κ1) is 18.1. The van der Waals surface area contributed by atoms with Crippen molar-refractivity contribution >= 4 is 51.0 Å². The molecule has 4 aromatic rings. The molecule has 7 heteroatoms. The average molecular weight is 396 g/mol. The van der Waals surface area contributed by atoms with E-state index in [1.807, 2.05) is 42.0 Å². The van der Waals surface area contributed by atoms with E-state index in [2.05, 4.69) is 10.6 Å². The quantitative estimate of drug-likeness (QED) is 0.539. The number of anilines is 1. The number of hydrogen-bond donors (Lipinski definition) is 2. The summed E-state index contributed by atoms with van der Waals surface area (Å²) in [7, 11) is 1.60. The summed E-state index contributed by atoms with van der Waals surface area (Å²) in [6.45, 7) is 2.04. The summed E-state index contributed by atoms with van der Waals surface area (Å²) in [5.74, 6) is -0.185. The van der Waals surface area contributed by atoms with Crippen molar-refractivity contribution in [3.63, 3.8) is 0 Å². The summed E-state index contributed by atoms with van der Waals surface area (Å²) in [6.07, 6.45) is 1.85. The molecule has 0 unspecified atom stereocenters. The fourth-order valence-electron chi connectivity index (χ4n) is 3.23. The van der Waals surface area contributed by atoms with Crippen LogP contribution in [0.3, 0.4) is 0 Å². The predicted octanol–water partition coefficient (Wildman–Crippen LogP) is 4.35. The number of rotatable bonds is 4. The number of benzene rings is 2. The Morgan fingerprint density at radius 1 is 1.14 bits per heavy atom. The molecule has 2 aromatic carbocycles. The zero-order valence-electron chi connectivity index (χ0n) is 15.4. The lowest BCUT2D eigenvalue weighted by molar-refractivity contribution is -0.121. The summed E-state index contributed by atoms with van der Waals surface area (Å²) in [4.78, 5) is 24.5. The van der Waals surface area contributed by atoms with E-state index in [9.17, 15) is 9.59 Å². The van der Waals surface area contributed by atoms with Crippen LogP contribution < -0.4 is 10.6 Å². The molecule has 0 aliphatic carbocycles. The zero-order valence-corrected chi connectivity index (χ0v) is 16.1. The number of likely N-dealkylation sites (N-methyl/N-ethyl adjacent to an activating group) is 1. The third-order valence-electron chi connectivity index (χ3n) is 4.73. The maximum atomic E-state index is 12.8. The van der Waals surface area contributed by atoms with Gasteiger partial charge in [0.05, 0.1) is 5.52 Å². The Morgan fingerprint density at radius 2 is 1.96 bits per heavy atom. The van der Waals surface area contributed by atoms with E-state index >= 15 is 0 Å². The first-order valence-corrected chi connectivity index (χ1v) is 9.13. The molecule has 0 atom stereocenters. The van der Waals surface area contributed by atoms with E-state index in [0.29, 0.717) is 16.3 Å². The van der Waals surface area contributed by atoms with Crippen molar-refractivity contribution in [3.8, 4) is 0 Å². The molecule has 0 saturated heterocycles. The number of aromatic nitrogens is 1. The minimum Gasteiger partial charge on any atom is -0.451 e. The molecule has 2 heterocycles. The van der Waals surface area contributed by atoms with Crippen LogP contribution in [-0.4, -0.2) is 23.4 Å². The van der Waals surface area contributed by atoms with Gasteiger partial charge in [-0.05, 0) is 48.7 Å². The molecular formula is C21H18ClN3O3. The fraction of sp³-hybridized carbons (Fsp3) is 0.143. The minimum atomic E-state index is -0.339. The molecule has 0 spiro atoms. The van der Waals surface area contributed by atoms with E-state index in [4.69, 9.17) is 16.0 Å². The topological polar surface area (TPSA) is 76.3 Å². The molecule has 0 saturated carbocycles. The normalized spacial score (nSPS) is 11.1. The van der Waals surface area contributed by atoms with Gasteiger partial charge in [-0.1, -0.05) is 17.7 Å². The SMILES string of the molecule is CNC(=O)Cn1ccc2ccc(NC(=O)c3oc4ccc(Cl)cc4c3C)cc21. The Labute approximate surface area is 166 Å². The van der Waals surface area contributed by atoms with Gasteiger partial charge in [-0.2, -0.15) is 0 Å². The Balaban J connectivity index is 1.64. The average Bonchev–Trinajstić information content (AvgIpc) is 3.23. The molecule has 0 aliphatic rings. The van der Waals surface area contributed by atoms with Gasteiger partial charge < -0.3 is 19.6 Å². The molecule has 0 fully saturated rings. The molecule has 0 bridgehead atoms. The second kappa shape index (κ2) is 7.05. The van der Waals surface area contributed by atoms with Crippen LogP contribution in [0.5, 0.6) is 0 Å². The number of fused-ring (bicyclic) bond motifs is 2. The third-order valence-corrected chi connectivity index (χ3v) is 4.96. The van der Waals surface area contributed by atoms with Gasteiger partial charge in [0.25, 0.3) is 5.91 Å². The highest BCUT2D eigenvalue weighted by molar-refractivity contribution is 6.31. The molecule has 0 radical (unpaired) electrons. The van der Waals surface area contributed by atoms with Crippen LogP contribution in [0.25, 0.3) is 21.9 Å². The number of nitrogens with one attached hydrogen (secondary N) is 2. The largest absolute Gasteiger partial charge is 0.451 e. The number of amides is 2. The molecular weight excluding hydrogens is 378 g/mol. The number of furan rings is 1. The number of nitrogens with zero attached hydrogens (tertiary/aromatic N) is 1. The summed E-state index contributed by atoms with van der Waals surface area (Å²) in [5, 5.41) is 7.86. The van der Waals surface area contributed by atoms with Gasteiger partial charge in [0, 0.05) is 34.9 Å². The number of carbonyl (C=O) groups excluding carboxylic acids is 2. The highest BCUT2D eigenvalue weighted by atomic mass is 35.5. The van der Waals surface area contributed by atoms with Crippen molar-refractivity contribution in [3.05, 3.63) is 65.0 Å². The molecule has 2 aromatic heterocycles. The fourth-order valence-corrected chi connectivity index (χ4v) is 3.40. The summed E-state index contributed by atoms with van der Waals surface area (Å²) >= 11 is 6.04. The van der Waals surface area contributed by atoms with E-state index in [-0.39, 0.29) is 24.1 Å². The van der Waals surface area contributed by atoms with E-state index in [1.165, 1.54) is 0 Å². The van der Waals surface area contributed by atoms with Crippen LogP contribution >= 0.6 is 11.6 Å². The van der Waals surface area contributed by atoms with Crippen molar-refractivity contribution < 1.29 is 14.0 Å². The number of hydrogen-bond acceptors (Lipinski definition) is 3. The van der Waals surface area contributed by atoms with Gasteiger partial charge >= 0.3 is 0 Å². The Kier molecular flexibility index (Phi) is 4.57. The summed E-state index contributed by atoms with van der Waals surface area (Å²) < 4.78 is 7.55. The molecule has 6 nitrogen and oxygen atoms in total. The monoisotopic (exact) mass is 395 g/mol. The van der Waals surface area contributed by atoms with Crippen LogP contribution in [0, 0.1) is 6.92 Å². The molecule has 28 heavy (non-hydrogen) atoms. The van der Waals surface area contributed by atoms with E-state index < -0.39 is 0 Å². The van der Waals surface area contributed by atoms with Gasteiger partial charge in [-0.25, -0.2) is 0 Å². The molecule has 142 valence electrons. The smallest absolute Gasteiger partial charge is 0.291 e. The number of halogens is 1. The van der Waals surface area contributed by atoms with Gasteiger partial charge in [-0.3, -0.25) is 9.59 Å². The standard InChI is InChI=1S/C21H18ClN3O3/c1-12-16-9-14(22)4-6-18(16)28-20(12)21(27)24-15-5-3-13-7-8-25(17(13)10-15)11-19(26)23-2/h3-10H,11H2,1-2H3,(H,23,26)(H,24,27). The van der Waals surface area contributed by atoms with Crippen LogP contribution in [0.15, 0.2) is 53.1 Å². The maximum absolute atomic E-state index is 12.8. The van der Waals surface area contributed by atoms with E-state index in [0.717, 1.165) is 21.9 Å². The maximum Gasteiger partial charge on any atom is 0.291 e. The van der Waals surface area contributed by atoms with Crippen LogP contribution in [0.2, 0.25) is 5.02 Å². The Bertz CT molecular complexity index is 1220. The van der Waals surface area contributed by atoms with Gasteiger partial charge in [0.15, 0.2) is 5.76 Å². The van der Waals surface area contributed by atoms with Crippen molar-refractivity contribution in [1.82, 2.24) is 9.88 Å². The number of carbonyl (C=O) groups is 2. The first-order valence-electron chi connectivity index (χ1n) is 8.76. The van der Waals surface area contributed by atoms with Crippen molar-refractivity contribution in [2.24, 2.45) is 0 Å².